The number of amides is 1. The minimum Gasteiger partial charge on any atom is -0.486 e. The van der Waals surface area contributed by atoms with E-state index in [1.807, 2.05) is 36.4 Å². The Morgan fingerprint density at radius 3 is 2.75 bits per heavy atom. The van der Waals surface area contributed by atoms with Gasteiger partial charge in [0.15, 0.2) is 11.5 Å². The summed E-state index contributed by atoms with van der Waals surface area (Å²) in [5.74, 6) is 2.17. The summed E-state index contributed by atoms with van der Waals surface area (Å²) < 4.78 is 16.7. The number of nitrogens with one attached hydrogen (secondary N) is 1. The van der Waals surface area contributed by atoms with Gasteiger partial charge in [-0.2, -0.15) is 4.98 Å². The van der Waals surface area contributed by atoms with Crippen molar-refractivity contribution in [1.82, 2.24) is 15.5 Å². The molecule has 0 saturated heterocycles. The Morgan fingerprint density at radius 1 is 1.14 bits per heavy atom. The van der Waals surface area contributed by atoms with Gasteiger partial charge in [-0.3, -0.25) is 4.79 Å². The molecule has 4 rings (SSSR count). The second-order valence-electron chi connectivity index (χ2n) is 6.32. The van der Waals surface area contributed by atoms with E-state index < -0.39 is 0 Å². The minimum atomic E-state index is -0.223. The van der Waals surface area contributed by atoms with Crippen molar-refractivity contribution in [2.75, 3.05) is 13.2 Å². The van der Waals surface area contributed by atoms with Crippen LogP contribution in [0.1, 0.15) is 12.3 Å². The van der Waals surface area contributed by atoms with Gasteiger partial charge >= 0.3 is 0 Å². The molecule has 0 radical (unpaired) electrons. The molecule has 1 aromatic heterocycles. The van der Waals surface area contributed by atoms with Gasteiger partial charge in [-0.1, -0.05) is 28.9 Å². The molecule has 144 valence electrons. The molecule has 2 heterocycles. The van der Waals surface area contributed by atoms with Crippen LogP contribution in [-0.4, -0.2) is 35.3 Å². The average Bonchev–Trinajstić information content (AvgIpc) is 3.20. The Bertz CT molecular complexity index is 958. The topological polar surface area (TPSA) is 86.5 Å². The first kappa shape index (κ1) is 18.3. The third-order valence-electron chi connectivity index (χ3n) is 4.23. The quantitative estimate of drug-likeness (QED) is 0.684. The van der Waals surface area contributed by atoms with Gasteiger partial charge in [0.2, 0.25) is 17.6 Å². The van der Waals surface area contributed by atoms with Gasteiger partial charge in [0.05, 0.1) is 6.54 Å². The minimum absolute atomic E-state index is 0.117. The van der Waals surface area contributed by atoms with Crippen molar-refractivity contribution in [1.29, 1.82) is 0 Å². The van der Waals surface area contributed by atoms with E-state index in [0.29, 0.717) is 42.1 Å². The van der Waals surface area contributed by atoms with Crippen LogP contribution >= 0.6 is 11.6 Å². The van der Waals surface area contributed by atoms with Gasteiger partial charge in [0, 0.05) is 23.4 Å². The first-order valence-corrected chi connectivity index (χ1v) is 9.29. The Balaban J connectivity index is 1.24. The molecule has 1 aliphatic heterocycles. The fourth-order valence-electron chi connectivity index (χ4n) is 2.77. The van der Waals surface area contributed by atoms with E-state index in [4.69, 9.17) is 25.6 Å². The molecule has 1 atom stereocenters. The highest BCUT2D eigenvalue weighted by molar-refractivity contribution is 6.30. The van der Waals surface area contributed by atoms with Crippen LogP contribution in [0.5, 0.6) is 11.5 Å². The van der Waals surface area contributed by atoms with Gasteiger partial charge in [-0.05, 0) is 36.4 Å². The number of ether oxygens (including phenoxy) is 2. The number of carbonyl (C=O) groups is 1. The fourth-order valence-corrected chi connectivity index (χ4v) is 2.90. The number of carbonyl (C=O) groups excluding carboxylic acids is 1. The molecule has 0 fully saturated rings. The van der Waals surface area contributed by atoms with Crippen LogP contribution in [-0.2, 0) is 11.2 Å². The molecule has 0 saturated carbocycles. The van der Waals surface area contributed by atoms with E-state index in [1.165, 1.54) is 0 Å². The van der Waals surface area contributed by atoms with Crippen molar-refractivity contribution in [2.24, 2.45) is 0 Å². The summed E-state index contributed by atoms with van der Waals surface area (Å²) in [5, 5.41) is 7.43. The van der Waals surface area contributed by atoms with Crippen LogP contribution in [0.3, 0.4) is 0 Å². The predicted octanol–water partition coefficient (Wildman–Crippen LogP) is 3.28. The van der Waals surface area contributed by atoms with E-state index in [0.717, 1.165) is 11.3 Å². The molecule has 1 N–H and O–H groups in total. The lowest BCUT2D eigenvalue weighted by atomic mass is 10.2. The molecule has 0 bridgehead atoms. The van der Waals surface area contributed by atoms with E-state index in [9.17, 15) is 4.79 Å². The van der Waals surface area contributed by atoms with Crippen molar-refractivity contribution in [2.45, 2.75) is 18.9 Å². The lowest BCUT2D eigenvalue weighted by molar-refractivity contribution is -0.121. The SMILES string of the molecule is O=C(CCc1nc(-c2ccc(Cl)cc2)no1)NCC1COc2ccccc2O1. The zero-order chi connectivity index (χ0) is 19.3. The third kappa shape index (κ3) is 4.43. The Morgan fingerprint density at radius 2 is 1.93 bits per heavy atom. The summed E-state index contributed by atoms with van der Waals surface area (Å²) in [5.41, 5.74) is 0.804. The smallest absolute Gasteiger partial charge is 0.227 e. The maximum absolute atomic E-state index is 12.1. The van der Waals surface area contributed by atoms with Gasteiger partial charge in [0.25, 0.3) is 0 Å². The Kier molecular flexibility index (Phi) is 5.43. The van der Waals surface area contributed by atoms with E-state index in [-0.39, 0.29) is 18.4 Å². The van der Waals surface area contributed by atoms with Gasteiger partial charge in [0.1, 0.15) is 12.7 Å². The first-order chi connectivity index (χ1) is 13.7. The molecule has 1 amide bonds. The third-order valence-corrected chi connectivity index (χ3v) is 4.48. The van der Waals surface area contributed by atoms with Crippen LogP contribution in [0.4, 0.5) is 0 Å². The van der Waals surface area contributed by atoms with Crippen LogP contribution in [0.2, 0.25) is 5.02 Å². The van der Waals surface area contributed by atoms with E-state index in [1.54, 1.807) is 12.1 Å². The molecular weight excluding hydrogens is 382 g/mol. The van der Waals surface area contributed by atoms with Crippen LogP contribution in [0, 0.1) is 0 Å². The van der Waals surface area contributed by atoms with Crippen molar-refractivity contribution in [3.05, 3.63) is 59.4 Å². The molecule has 1 unspecified atom stereocenters. The number of halogens is 1. The number of fused-ring (bicyclic) bond motifs is 1. The van der Waals surface area contributed by atoms with Crippen molar-refractivity contribution >= 4 is 17.5 Å². The number of para-hydroxylation sites is 2. The predicted molar refractivity (Wildman–Crippen MR) is 102 cm³/mol. The lowest BCUT2D eigenvalue weighted by Gasteiger charge is -2.26. The molecule has 3 aromatic rings. The summed E-state index contributed by atoms with van der Waals surface area (Å²) in [6.07, 6.45) is 0.378. The second-order valence-corrected chi connectivity index (χ2v) is 6.76. The molecular formula is C20H18ClN3O4. The summed E-state index contributed by atoms with van der Waals surface area (Å²) in [7, 11) is 0. The molecule has 8 heteroatoms. The molecule has 0 aliphatic carbocycles. The summed E-state index contributed by atoms with van der Waals surface area (Å²) in [6.45, 7) is 0.762. The number of aromatic nitrogens is 2. The van der Waals surface area contributed by atoms with Crippen LogP contribution in [0.25, 0.3) is 11.4 Å². The highest BCUT2D eigenvalue weighted by Gasteiger charge is 2.21. The summed E-state index contributed by atoms with van der Waals surface area (Å²) in [4.78, 5) is 16.4. The summed E-state index contributed by atoms with van der Waals surface area (Å²) >= 11 is 5.87. The van der Waals surface area contributed by atoms with Crippen LogP contribution in [0.15, 0.2) is 53.1 Å². The standard InChI is InChI=1S/C20H18ClN3O4/c21-14-7-5-13(6-8-14)20-23-19(28-24-20)10-9-18(25)22-11-15-12-26-16-3-1-2-4-17(16)27-15/h1-8,15H,9-12H2,(H,22,25). The molecule has 0 spiro atoms. The monoisotopic (exact) mass is 399 g/mol. The number of hydrogen-bond donors (Lipinski definition) is 1. The molecule has 28 heavy (non-hydrogen) atoms. The average molecular weight is 400 g/mol. The van der Waals surface area contributed by atoms with E-state index >= 15 is 0 Å². The largest absolute Gasteiger partial charge is 0.486 e. The Hall–Kier alpha value is -3.06. The molecule has 2 aromatic carbocycles. The maximum Gasteiger partial charge on any atom is 0.227 e. The van der Waals surface area contributed by atoms with Gasteiger partial charge in [-0.25, -0.2) is 0 Å². The van der Waals surface area contributed by atoms with Crippen molar-refractivity contribution in [3.8, 4) is 22.9 Å². The Labute approximate surface area is 166 Å². The summed E-state index contributed by atoms with van der Waals surface area (Å²) in [6, 6.07) is 14.6. The number of hydrogen-bond acceptors (Lipinski definition) is 6. The van der Waals surface area contributed by atoms with Crippen molar-refractivity contribution < 1.29 is 18.8 Å². The second kappa shape index (κ2) is 8.31. The zero-order valence-corrected chi connectivity index (χ0v) is 15.7. The number of rotatable bonds is 6. The van der Waals surface area contributed by atoms with E-state index in [2.05, 4.69) is 15.5 Å². The highest BCUT2D eigenvalue weighted by Crippen LogP contribution is 2.30. The zero-order valence-electron chi connectivity index (χ0n) is 14.9. The fraction of sp³-hybridized carbons (Fsp3) is 0.250. The normalized spacial score (nSPS) is 15.2. The molecule has 7 nitrogen and oxygen atoms in total. The van der Waals surface area contributed by atoms with Crippen molar-refractivity contribution in [3.63, 3.8) is 0 Å². The van der Waals surface area contributed by atoms with Crippen LogP contribution < -0.4 is 14.8 Å². The molecule has 1 aliphatic rings. The lowest BCUT2D eigenvalue weighted by Crippen LogP contribution is -2.40. The number of aryl methyl sites for hydroxylation is 1. The highest BCUT2D eigenvalue weighted by atomic mass is 35.5. The maximum atomic E-state index is 12.1. The number of nitrogens with zero attached hydrogens (tertiary/aromatic N) is 2. The first-order valence-electron chi connectivity index (χ1n) is 8.91. The van der Waals surface area contributed by atoms with Gasteiger partial charge < -0.3 is 19.3 Å². The van der Waals surface area contributed by atoms with Gasteiger partial charge in [-0.15, -0.1) is 0 Å². The number of benzene rings is 2.